The molecule has 0 spiro atoms. The maximum atomic E-state index is 14.4. The number of benzene rings is 2. The number of piperidine rings is 1. The van der Waals surface area contributed by atoms with Crippen molar-refractivity contribution >= 4 is 11.9 Å². The highest BCUT2D eigenvalue weighted by molar-refractivity contribution is 5.86. The van der Waals surface area contributed by atoms with E-state index in [0.29, 0.717) is 34.6 Å². The second kappa shape index (κ2) is 11.9. The van der Waals surface area contributed by atoms with Crippen LogP contribution in [0.15, 0.2) is 42.5 Å². The van der Waals surface area contributed by atoms with E-state index < -0.39 is 23.7 Å². The number of halogens is 1. The lowest BCUT2D eigenvalue weighted by Gasteiger charge is -2.30. The number of carbonyl (C=O) groups is 2. The molecule has 1 heterocycles. The molecule has 1 aliphatic heterocycles. The van der Waals surface area contributed by atoms with Gasteiger partial charge in [-0.15, -0.1) is 0 Å². The normalized spacial score (nSPS) is 22.4. The molecule has 0 aromatic heterocycles. The van der Waals surface area contributed by atoms with Crippen molar-refractivity contribution in [3.05, 3.63) is 59.4 Å². The topological polar surface area (TPSA) is 95.1 Å². The molecule has 8 nitrogen and oxygen atoms in total. The minimum atomic E-state index is -1.08. The van der Waals surface area contributed by atoms with Crippen LogP contribution in [0.4, 0.5) is 4.39 Å². The van der Waals surface area contributed by atoms with Crippen molar-refractivity contribution in [3.63, 3.8) is 0 Å². The molecule has 1 amide bonds. The predicted octanol–water partition coefficient (Wildman–Crippen LogP) is 3.02. The Kier molecular flexibility index (Phi) is 8.66. The second-order valence-electron chi connectivity index (χ2n) is 9.74. The Hall–Kier alpha value is -3.17. The number of carbonyl (C=O) groups excluding carboxylic acids is 2. The summed E-state index contributed by atoms with van der Waals surface area (Å²) in [7, 11) is 4.65. The smallest absolute Gasteiger partial charge is 0.329 e. The number of amides is 1. The van der Waals surface area contributed by atoms with Gasteiger partial charge in [0.2, 0.25) is 5.91 Å². The average molecular weight is 515 g/mol. The zero-order chi connectivity index (χ0) is 26.5. The molecule has 2 fully saturated rings. The van der Waals surface area contributed by atoms with Gasteiger partial charge in [0.15, 0.2) is 0 Å². The van der Waals surface area contributed by atoms with Crippen molar-refractivity contribution in [2.24, 2.45) is 11.8 Å². The molecule has 37 heavy (non-hydrogen) atoms. The molecule has 1 saturated carbocycles. The highest BCUT2D eigenvalue weighted by atomic mass is 19.1. The van der Waals surface area contributed by atoms with E-state index >= 15 is 0 Å². The second-order valence-corrected chi connectivity index (χ2v) is 9.74. The van der Waals surface area contributed by atoms with Gasteiger partial charge in [0.1, 0.15) is 30.0 Å². The number of esters is 1. The number of methoxy groups -OCH3 is 3. The van der Waals surface area contributed by atoms with E-state index in [1.54, 1.807) is 57.5 Å². The number of ether oxygens (including phenoxy) is 4. The van der Waals surface area contributed by atoms with Crippen molar-refractivity contribution in [3.8, 4) is 11.5 Å². The monoisotopic (exact) mass is 514 g/mol. The fraction of sp³-hybridized carbons (Fsp3) is 0.500. The molecule has 200 valence electrons. The molecule has 2 aromatic carbocycles. The van der Waals surface area contributed by atoms with E-state index in [4.69, 9.17) is 18.9 Å². The first-order valence-electron chi connectivity index (χ1n) is 12.5. The Balaban J connectivity index is 1.46. The van der Waals surface area contributed by atoms with Gasteiger partial charge in [-0.1, -0.05) is 25.1 Å². The van der Waals surface area contributed by atoms with Crippen molar-refractivity contribution in [1.29, 1.82) is 0 Å². The lowest BCUT2D eigenvalue weighted by molar-refractivity contribution is -0.150. The zero-order valence-electron chi connectivity index (χ0n) is 21.7. The van der Waals surface area contributed by atoms with E-state index in [0.717, 1.165) is 6.42 Å². The van der Waals surface area contributed by atoms with Crippen molar-refractivity contribution in [2.75, 3.05) is 21.3 Å². The average Bonchev–Trinajstić information content (AvgIpc) is 3.52. The molecular formula is C28H35FN2O6. The molecule has 4 rings (SSSR count). The van der Waals surface area contributed by atoms with E-state index in [9.17, 15) is 14.0 Å². The number of fused-ring (bicyclic) bond motifs is 1. The SMILES string of the molecule is COc1ccc(COC(=O)[C@H](Cc2ccccc2F)NC(=O)[C@H](C)[C@@H](OC)[C@@H]2C[C@@H]3C[C@@H]3N2)c(OC)c1. The van der Waals surface area contributed by atoms with Crippen LogP contribution in [0.1, 0.15) is 30.9 Å². The van der Waals surface area contributed by atoms with Crippen LogP contribution in [0.5, 0.6) is 11.5 Å². The lowest BCUT2D eigenvalue weighted by atomic mass is 9.94. The van der Waals surface area contributed by atoms with Gasteiger partial charge in [-0.3, -0.25) is 4.79 Å². The van der Waals surface area contributed by atoms with Crippen LogP contribution in [0.3, 0.4) is 0 Å². The summed E-state index contributed by atoms with van der Waals surface area (Å²) in [4.78, 5) is 26.5. The minimum Gasteiger partial charge on any atom is -0.497 e. The summed E-state index contributed by atoms with van der Waals surface area (Å²) in [6, 6.07) is 10.8. The summed E-state index contributed by atoms with van der Waals surface area (Å²) in [6.07, 6.45) is 1.74. The summed E-state index contributed by atoms with van der Waals surface area (Å²) in [5, 5.41) is 6.33. The first-order chi connectivity index (χ1) is 17.8. The van der Waals surface area contributed by atoms with Gasteiger partial charge in [0, 0.05) is 37.2 Å². The molecule has 2 aromatic rings. The minimum absolute atomic E-state index is 0.0484. The molecule has 0 unspecified atom stereocenters. The molecular weight excluding hydrogens is 479 g/mol. The Labute approximate surface area is 216 Å². The molecule has 0 radical (unpaired) electrons. The van der Waals surface area contributed by atoms with Gasteiger partial charge in [0.05, 0.1) is 26.2 Å². The van der Waals surface area contributed by atoms with Crippen LogP contribution in [0.2, 0.25) is 0 Å². The number of hydrogen-bond acceptors (Lipinski definition) is 7. The van der Waals surface area contributed by atoms with Crippen molar-refractivity contribution in [2.45, 2.75) is 57.0 Å². The van der Waals surface area contributed by atoms with E-state index in [1.807, 2.05) is 0 Å². The van der Waals surface area contributed by atoms with Crippen molar-refractivity contribution < 1.29 is 32.9 Å². The first-order valence-corrected chi connectivity index (χ1v) is 12.5. The van der Waals surface area contributed by atoms with Crippen LogP contribution in [0, 0.1) is 17.7 Å². The van der Waals surface area contributed by atoms with Gasteiger partial charge in [-0.25, -0.2) is 9.18 Å². The summed E-state index contributed by atoms with van der Waals surface area (Å²) in [5.74, 6) is -0.254. The zero-order valence-corrected chi connectivity index (χ0v) is 21.7. The third-order valence-electron chi connectivity index (χ3n) is 7.33. The van der Waals surface area contributed by atoms with Crippen molar-refractivity contribution in [1.82, 2.24) is 10.6 Å². The van der Waals surface area contributed by atoms with Crippen LogP contribution in [-0.2, 0) is 32.1 Å². The highest BCUT2D eigenvalue weighted by Crippen LogP contribution is 2.42. The Morgan fingerprint density at radius 1 is 1.08 bits per heavy atom. The summed E-state index contributed by atoms with van der Waals surface area (Å²) < 4.78 is 36.3. The standard InChI is InChI=1S/C28H35FN2O6/c1-16(26(36-4)23-13-19-12-22(19)30-23)27(32)31-24(11-17-7-5-6-8-21(17)29)28(33)37-15-18-9-10-20(34-2)14-25(18)35-3/h5-10,14,16,19,22-24,26,30H,11-13,15H2,1-4H3,(H,31,32)/t16-,19+,22+,23+,24+,26-/m1/s1. The number of rotatable bonds is 12. The van der Waals surface area contributed by atoms with E-state index in [-0.39, 0.29) is 31.1 Å². The highest BCUT2D eigenvalue weighted by Gasteiger charge is 2.49. The Bertz CT molecular complexity index is 1100. The van der Waals surface area contributed by atoms with E-state index in [2.05, 4.69) is 10.6 Å². The quantitative estimate of drug-likeness (QED) is 0.421. The summed E-state index contributed by atoms with van der Waals surface area (Å²) in [6.45, 7) is 1.70. The lowest BCUT2D eigenvalue weighted by Crippen LogP contribution is -2.51. The van der Waals surface area contributed by atoms with Gasteiger partial charge < -0.3 is 29.6 Å². The summed E-state index contributed by atoms with van der Waals surface area (Å²) >= 11 is 0. The van der Waals surface area contributed by atoms with Crippen LogP contribution in [-0.4, -0.2) is 57.4 Å². The predicted molar refractivity (Wildman–Crippen MR) is 135 cm³/mol. The maximum absolute atomic E-state index is 14.4. The fourth-order valence-corrected chi connectivity index (χ4v) is 5.08. The van der Waals surface area contributed by atoms with Gasteiger partial charge >= 0.3 is 5.97 Å². The largest absolute Gasteiger partial charge is 0.497 e. The molecule has 6 atom stereocenters. The molecule has 2 N–H and O–H groups in total. The van der Waals surface area contributed by atoms with Gasteiger partial charge in [-0.2, -0.15) is 0 Å². The van der Waals surface area contributed by atoms with Crippen LogP contribution >= 0.6 is 0 Å². The van der Waals surface area contributed by atoms with Crippen LogP contribution in [0.25, 0.3) is 0 Å². The molecule has 1 saturated heterocycles. The maximum Gasteiger partial charge on any atom is 0.329 e. The number of hydrogen-bond donors (Lipinski definition) is 2. The number of nitrogens with one attached hydrogen (secondary N) is 2. The van der Waals surface area contributed by atoms with Gasteiger partial charge in [0.25, 0.3) is 0 Å². The Morgan fingerprint density at radius 3 is 2.51 bits per heavy atom. The third kappa shape index (κ3) is 6.40. The Morgan fingerprint density at radius 2 is 1.86 bits per heavy atom. The molecule has 2 aliphatic rings. The third-order valence-corrected chi connectivity index (χ3v) is 7.33. The van der Waals surface area contributed by atoms with E-state index in [1.165, 1.54) is 19.6 Å². The molecule has 9 heteroatoms. The summed E-state index contributed by atoms with van der Waals surface area (Å²) in [5.41, 5.74) is 0.937. The molecule has 1 aliphatic carbocycles. The van der Waals surface area contributed by atoms with Gasteiger partial charge in [-0.05, 0) is 42.5 Å². The molecule has 0 bridgehead atoms. The fourth-order valence-electron chi connectivity index (χ4n) is 5.08. The first kappa shape index (κ1) is 26.9. The van der Waals surface area contributed by atoms with Crippen LogP contribution < -0.4 is 20.1 Å².